The van der Waals surface area contributed by atoms with E-state index in [1.54, 1.807) is 12.1 Å². The van der Waals surface area contributed by atoms with Crippen LogP contribution in [-0.2, 0) is 10.8 Å². The molecule has 33 heavy (non-hydrogen) atoms. The van der Waals surface area contributed by atoms with Crippen LogP contribution in [-0.4, -0.2) is 24.7 Å². The molecule has 0 saturated heterocycles. The molecule has 2 aromatic rings. The van der Waals surface area contributed by atoms with Crippen LogP contribution in [0.15, 0.2) is 34.7 Å². The quantitative estimate of drug-likeness (QED) is 0.278. The van der Waals surface area contributed by atoms with E-state index < -0.39 is 48.2 Å². The van der Waals surface area contributed by atoms with Crippen molar-refractivity contribution < 1.29 is 19.0 Å². The smallest absolute Gasteiger partial charge is 0.258 e. The number of nitrogens with zero attached hydrogens (tertiary/aromatic N) is 5. The number of fused-ring (bicyclic) bond motifs is 3. The van der Waals surface area contributed by atoms with Gasteiger partial charge < -0.3 is 0 Å². The standard InChI is InChI=1S/C20H13N5O7S/c1-2-3-4-33(32)13-7-15-18(11(9-21)10-22)14-5-12(23(26)27)6-16(24(28)29)19(14)20(15)17(8-13)25(30)31/h5-8H,2-4H2,1H3. The van der Waals surface area contributed by atoms with E-state index in [9.17, 15) is 45.1 Å². The van der Waals surface area contributed by atoms with E-state index in [0.717, 1.165) is 18.6 Å². The molecule has 12 nitrogen and oxygen atoms in total. The van der Waals surface area contributed by atoms with Crippen molar-refractivity contribution in [1.29, 1.82) is 10.5 Å². The first-order valence-corrected chi connectivity index (χ1v) is 10.7. The van der Waals surface area contributed by atoms with E-state index in [2.05, 4.69) is 0 Å². The van der Waals surface area contributed by atoms with Gasteiger partial charge in [-0.3, -0.25) is 34.6 Å². The molecular formula is C20H13N5O7S. The molecule has 0 spiro atoms. The first-order valence-electron chi connectivity index (χ1n) is 9.39. The summed E-state index contributed by atoms with van der Waals surface area (Å²) in [5.41, 5.74) is -3.71. The molecule has 0 aromatic heterocycles. The van der Waals surface area contributed by atoms with Crippen LogP contribution in [0.5, 0.6) is 0 Å². The Morgan fingerprint density at radius 2 is 1.45 bits per heavy atom. The van der Waals surface area contributed by atoms with E-state index in [1.807, 2.05) is 6.92 Å². The lowest BCUT2D eigenvalue weighted by Gasteiger charge is -2.08. The summed E-state index contributed by atoms with van der Waals surface area (Å²) in [6.45, 7) is 1.87. The maximum atomic E-state index is 12.7. The van der Waals surface area contributed by atoms with E-state index >= 15 is 0 Å². The van der Waals surface area contributed by atoms with Crippen LogP contribution in [0.3, 0.4) is 0 Å². The Morgan fingerprint density at radius 1 is 0.909 bits per heavy atom. The highest BCUT2D eigenvalue weighted by atomic mass is 32.2. The molecule has 1 unspecified atom stereocenters. The average Bonchev–Trinajstić information content (AvgIpc) is 3.11. The molecule has 3 rings (SSSR count). The summed E-state index contributed by atoms with van der Waals surface area (Å²) >= 11 is 0. The van der Waals surface area contributed by atoms with Crippen LogP contribution < -0.4 is 0 Å². The van der Waals surface area contributed by atoms with Gasteiger partial charge in [-0.1, -0.05) is 13.3 Å². The van der Waals surface area contributed by atoms with Crippen LogP contribution in [0.4, 0.5) is 17.1 Å². The fourth-order valence-electron chi connectivity index (χ4n) is 3.60. The van der Waals surface area contributed by atoms with Crippen LogP contribution >= 0.6 is 0 Å². The fraction of sp³-hybridized carbons (Fsp3) is 0.200. The predicted octanol–water partition coefficient (Wildman–Crippen LogP) is 4.15. The zero-order valence-corrected chi connectivity index (χ0v) is 17.7. The molecule has 0 fully saturated rings. The van der Waals surface area contributed by atoms with Crippen LogP contribution in [0.1, 0.15) is 30.9 Å². The molecule has 0 radical (unpaired) electrons. The summed E-state index contributed by atoms with van der Waals surface area (Å²) in [7, 11) is -1.66. The second kappa shape index (κ2) is 8.94. The Morgan fingerprint density at radius 3 is 1.94 bits per heavy atom. The maximum Gasteiger partial charge on any atom is 0.284 e. The number of hydrogen-bond donors (Lipinski definition) is 0. The van der Waals surface area contributed by atoms with Crippen molar-refractivity contribution in [3.8, 4) is 23.3 Å². The summed E-state index contributed by atoms with van der Waals surface area (Å²) in [5.74, 6) is 0.202. The summed E-state index contributed by atoms with van der Waals surface area (Å²) in [6, 6.07) is 7.21. The number of hydrogen-bond acceptors (Lipinski definition) is 9. The second-order valence-corrected chi connectivity index (χ2v) is 8.47. The zero-order valence-electron chi connectivity index (χ0n) is 16.9. The zero-order chi connectivity index (χ0) is 24.4. The Kier molecular flexibility index (Phi) is 6.28. The fourth-order valence-corrected chi connectivity index (χ4v) is 4.88. The molecule has 1 aliphatic rings. The van der Waals surface area contributed by atoms with E-state index in [0.29, 0.717) is 12.5 Å². The molecule has 0 aliphatic heterocycles. The lowest BCUT2D eigenvalue weighted by Crippen LogP contribution is -2.02. The summed E-state index contributed by atoms with van der Waals surface area (Å²) in [4.78, 5) is 32.5. The Balaban J connectivity index is 2.54. The second-order valence-electron chi connectivity index (χ2n) is 6.90. The lowest BCUT2D eigenvalue weighted by atomic mass is 9.98. The van der Waals surface area contributed by atoms with Gasteiger partial charge in [-0.25, -0.2) is 0 Å². The molecule has 1 aliphatic carbocycles. The molecule has 2 aromatic carbocycles. The van der Waals surface area contributed by atoms with Crippen molar-refractivity contribution in [3.05, 3.63) is 71.3 Å². The van der Waals surface area contributed by atoms with Gasteiger partial charge in [-0.15, -0.1) is 0 Å². The van der Waals surface area contributed by atoms with Gasteiger partial charge in [0.25, 0.3) is 17.1 Å². The van der Waals surface area contributed by atoms with Crippen molar-refractivity contribution in [2.24, 2.45) is 0 Å². The highest BCUT2D eigenvalue weighted by Gasteiger charge is 2.40. The van der Waals surface area contributed by atoms with E-state index in [4.69, 9.17) is 0 Å². The predicted molar refractivity (Wildman–Crippen MR) is 115 cm³/mol. The molecule has 0 N–H and O–H groups in total. The maximum absolute atomic E-state index is 12.7. The molecule has 0 heterocycles. The molecule has 0 amide bonds. The SMILES string of the molecule is CCCCS(=O)c1cc2c(c([N+](=O)[O-])c1)-c1c(cc([N+](=O)[O-])cc1[N+](=O)[O-])C2=C(C#N)C#N. The minimum Gasteiger partial charge on any atom is -0.258 e. The highest BCUT2D eigenvalue weighted by Crippen LogP contribution is 2.54. The summed E-state index contributed by atoms with van der Waals surface area (Å²) in [5, 5.41) is 54.0. The lowest BCUT2D eigenvalue weighted by molar-refractivity contribution is -0.394. The Labute approximate surface area is 188 Å². The molecular weight excluding hydrogens is 454 g/mol. The summed E-state index contributed by atoms with van der Waals surface area (Å²) < 4.78 is 12.7. The van der Waals surface area contributed by atoms with E-state index in [1.165, 1.54) is 6.07 Å². The molecule has 0 saturated carbocycles. The van der Waals surface area contributed by atoms with Crippen LogP contribution in [0.25, 0.3) is 16.7 Å². The summed E-state index contributed by atoms with van der Waals surface area (Å²) in [6.07, 6.45) is 1.29. The first-order chi connectivity index (χ1) is 15.7. The van der Waals surface area contributed by atoms with E-state index in [-0.39, 0.29) is 38.5 Å². The normalized spacial score (nSPS) is 12.2. The van der Waals surface area contributed by atoms with Gasteiger partial charge in [-0.05, 0) is 12.5 Å². The molecule has 0 bridgehead atoms. The first kappa shape index (κ1) is 23.2. The highest BCUT2D eigenvalue weighted by molar-refractivity contribution is 7.85. The average molecular weight is 467 g/mol. The minimum atomic E-state index is -1.66. The number of non-ortho nitro benzene ring substituents is 1. The number of rotatable bonds is 7. The third-order valence-electron chi connectivity index (χ3n) is 5.01. The van der Waals surface area contributed by atoms with Gasteiger partial charge in [0.05, 0.1) is 42.8 Å². The van der Waals surface area contributed by atoms with Crippen molar-refractivity contribution in [2.75, 3.05) is 5.75 Å². The molecule has 1 atom stereocenters. The number of allylic oxidation sites excluding steroid dienone is 1. The van der Waals surface area contributed by atoms with Crippen LogP contribution in [0.2, 0.25) is 0 Å². The number of unbranched alkanes of at least 4 members (excludes halogenated alkanes) is 1. The third kappa shape index (κ3) is 3.93. The van der Waals surface area contributed by atoms with Gasteiger partial charge in [0.1, 0.15) is 17.7 Å². The monoisotopic (exact) mass is 467 g/mol. The van der Waals surface area contributed by atoms with Gasteiger partial charge in [0.2, 0.25) is 0 Å². The molecule has 13 heteroatoms. The Bertz CT molecular complexity index is 1370. The number of nitro groups is 3. The third-order valence-corrected chi connectivity index (χ3v) is 6.43. The topological polar surface area (TPSA) is 194 Å². The van der Waals surface area contributed by atoms with Gasteiger partial charge >= 0.3 is 0 Å². The van der Waals surface area contributed by atoms with Crippen molar-refractivity contribution in [1.82, 2.24) is 0 Å². The van der Waals surface area contributed by atoms with Crippen molar-refractivity contribution in [2.45, 2.75) is 24.7 Å². The van der Waals surface area contributed by atoms with Gasteiger partial charge in [0.15, 0.2) is 0 Å². The number of nitro benzene ring substituents is 3. The van der Waals surface area contributed by atoms with Crippen LogP contribution in [0, 0.1) is 53.0 Å². The number of benzene rings is 2. The largest absolute Gasteiger partial charge is 0.284 e. The van der Waals surface area contributed by atoms with Crippen molar-refractivity contribution >= 4 is 33.4 Å². The minimum absolute atomic E-state index is 0.0478. The molecule has 166 valence electrons. The van der Waals surface area contributed by atoms with Crippen molar-refractivity contribution in [3.63, 3.8) is 0 Å². The van der Waals surface area contributed by atoms with Gasteiger partial charge in [-0.2, -0.15) is 10.5 Å². The number of nitriles is 2. The Hall–Kier alpha value is -4.49. The van der Waals surface area contributed by atoms with Gasteiger partial charge in [0, 0.05) is 39.5 Å².